The van der Waals surface area contributed by atoms with Crippen LogP contribution in [0, 0.1) is 5.92 Å². The van der Waals surface area contributed by atoms with E-state index in [0.29, 0.717) is 12.2 Å². The molecule has 1 unspecified atom stereocenters. The van der Waals surface area contributed by atoms with Gasteiger partial charge in [0.05, 0.1) is 12.8 Å². The molecule has 0 fully saturated rings. The third kappa shape index (κ3) is 4.36. The van der Waals surface area contributed by atoms with Crippen LogP contribution < -0.4 is 15.2 Å². The summed E-state index contributed by atoms with van der Waals surface area (Å²) in [5.74, 6) is 0.613. The molecule has 1 aromatic carbocycles. The summed E-state index contributed by atoms with van der Waals surface area (Å²) in [5, 5.41) is 8.90. The number of sulfonamides is 1. The number of benzene rings is 1. The summed E-state index contributed by atoms with van der Waals surface area (Å²) < 4.78 is 31.9. The first-order chi connectivity index (χ1) is 9.44. The molecule has 1 rings (SSSR count). The fourth-order valence-electron chi connectivity index (χ4n) is 1.84. The minimum absolute atomic E-state index is 0.0390. The number of methoxy groups -OCH3 is 1. The van der Waals surface area contributed by atoms with E-state index in [1.807, 2.05) is 6.92 Å². The lowest BCUT2D eigenvalue weighted by Gasteiger charge is -2.15. The molecule has 0 aromatic heterocycles. The molecule has 0 aliphatic heterocycles. The van der Waals surface area contributed by atoms with Gasteiger partial charge in [-0.15, -0.1) is 0 Å². The molecule has 20 heavy (non-hydrogen) atoms. The Kier molecular flexibility index (Phi) is 6.25. The van der Waals surface area contributed by atoms with Crippen LogP contribution in [0.2, 0.25) is 0 Å². The Labute approximate surface area is 120 Å². The van der Waals surface area contributed by atoms with Gasteiger partial charge < -0.3 is 15.6 Å². The van der Waals surface area contributed by atoms with E-state index < -0.39 is 10.0 Å². The van der Waals surface area contributed by atoms with Crippen molar-refractivity contribution in [1.82, 2.24) is 4.72 Å². The first kappa shape index (κ1) is 16.7. The molecule has 0 saturated carbocycles. The molecule has 7 heteroatoms. The van der Waals surface area contributed by atoms with Gasteiger partial charge in [-0.05, 0) is 24.5 Å². The van der Waals surface area contributed by atoms with Crippen molar-refractivity contribution in [3.63, 3.8) is 0 Å². The van der Waals surface area contributed by atoms with Gasteiger partial charge in [-0.1, -0.05) is 13.3 Å². The highest BCUT2D eigenvalue weighted by molar-refractivity contribution is 7.89. The highest BCUT2D eigenvalue weighted by Crippen LogP contribution is 2.23. The van der Waals surface area contributed by atoms with E-state index in [9.17, 15) is 8.42 Å². The molecule has 0 amide bonds. The van der Waals surface area contributed by atoms with Crippen molar-refractivity contribution < 1.29 is 18.3 Å². The monoisotopic (exact) mass is 302 g/mol. The maximum Gasteiger partial charge on any atom is 0.242 e. The van der Waals surface area contributed by atoms with Gasteiger partial charge in [-0.3, -0.25) is 0 Å². The lowest BCUT2D eigenvalue weighted by Crippen LogP contribution is -2.30. The van der Waals surface area contributed by atoms with E-state index in [-0.39, 0.29) is 29.7 Å². The Morgan fingerprint density at radius 2 is 2.15 bits per heavy atom. The van der Waals surface area contributed by atoms with Crippen LogP contribution in [0.25, 0.3) is 0 Å². The van der Waals surface area contributed by atoms with Gasteiger partial charge in [-0.2, -0.15) is 0 Å². The number of nitrogen functional groups attached to an aromatic ring is 1. The average Bonchev–Trinajstić information content (AvgIpc) is 2.42. The highest BCUT2D eigenvalue weighted by atomic mass is 32.2. The van der Waals surface area contributed by atoms with Gasteiger partial charge in [0.15, 0.2) is 0 Å². The molecule has 6 nitrogen and oxygen atoms in total. The Balaban J connectivity index is 2.83. The molecule has 0 aliphatic carbocycles. The number of rotatable bonds is 8. The van der Waals surface area contributed by atoms with Crippen LogP contribution in [0.4, 0.5) is 5.69 Å². The zero-order valence-corrected chi connectivity index (χ0v) is 12.6. The molecular weight excluding hydrogens is 280 g/mol. The molecular formula is C13H22N2O4S. The van der Waals surface area contributed by atoms with Crippen molar-refractivity contribution in [3.05, 3.63) is 18.2 Å². The third-order valence-electron chi connectivity index (χ3n) is 3.18. The van der Waals surface area contributed by atoms with E-state index in [4.69, 9.17) is 15.6 Å². The largest absolute Gasteiger partial charge is 0.497 e. The standard InChI is InChI=1S/C13H22N2O4S/c1-3-10(6-7-16)9-15-20(17,18)13-5-4-11(19-2)8-12(13)14/h4-5,8,10,15-16H,3,6-7,9,14H2,1-2H3. The van der Waals surface area contributed by atoms with Crippen LogP contribution in [0.15, 0.2) is 23.1 Å². The van der Waals surface area contributed by atoms with Crippen LogP contribution in [0.1, 0.15) is 19.8 Å². The van der Waals surface area contributed by atoms with Gasteiger partial charge in [0.2, 0.25) is 10.0 Å². The zero-order valence-electron chi connectivity index (χ0n) is 11.8. The third-order valence-corrected chi connectivity index (χ3v) is 4.68. The van der Waals surface area contributed by atoms with E-state index in [0.717, 1.165) is 6.42 Å². The van der Waals surface area contributed by atoms with Crippen LogP contribution in [-0.2, 0) is 10.0 Å². The van der Waals surface area contributed by atoms with Gasteiger partial charge >= 0.3 is 0 Å². The summed E-state index contributed by atoms with van der Waals surface area (Å²) in [6, 6.07) is 4.44. The number of aliphatic hydroxyl groups is 1. The number of nitrogens with one attached hydrogen (secondary N) is 1. The summed E-state index contributed by atoms with van der Waals surface area (Å²) >= 11 is 0. The summed E-state index contributed by atoms with van der Waals surface area (Å²) in [6.07, 6.45) is 1.36. The maximum atomic E-state index is 12.2. The molecule has 0 heterocycles. The summed E-state index contributed by atoms with van der Waals surface area (Å²) in [5.41, 5.74) is 5.89. The molecule has 114 valence electrons. The van der Waals surface area contributed by atoms with Crippen molar-refractivity contribution >= 4 is 15.7 Å². The summed E-state index contributed by atoms with van der Waals surface area (Å²) in [6.45, 7) is 2.28. The molecule has 0 saturated heterocycles. The fourth-order valence-corrected chi connectivity index (χ4v) is 3.06. The van der Waals surface area contributed by atoms with Crippen LogP contribution in [-0.4, -0.2) is 33.8 Å². The van der Waals surface area contributed by atoms with Crippen LogP contribution in [0.5, 0.6) is 5.75 Å². The second-order valence-corrected chi connectivity index (χ2v) is 6.28. The van der Waals surface area contributed by atoms with Crippen molar-refractivity contribution in [2.75, 3.05) is 26.0 Å². The minimum Gasteiger partial charge on any atom is -0.497 e. The number of hydrogen-bond donors (Lipinski definition) is 3. The Morgan fingerprint density at radius 3 is 2.65 bits per heavy atom. The molecule has 0 radical (unpaired) electrons. The molecule has 1 aromatic rings. The number of ether oxygens (including phenoxy) is 1. The normalized spacial score (nSPS) is 13.2. The molecule has 0 bridgehead atoms. The first-order valence-corrected chi connectivity index (χ1v) is 7.97. The van der Waals surface area contributed by atoms with Gasteiger partial charge in [-0.25, -0.2) is 13.1 Å². The van der Waals surface area contributed by atoms with Crippen molar-refractivity contribution in [3.8, 4) is 5.75 Å². The summed E-state index contributed by atoms with van der Waals surface area (Å²) in [4.78, 5) is 0.0390. The van der Waals surface area contributed by atoms with Gasteiger partial charge in [0.25, 0.3) is 0 Å². The topological polar surface area (TPSA) is 102 Å². The smallest absolute Gasteiger partial charge is 0.242 e. The highest BCUT2D eigenvalue weighted by Gasteiger charge is 2.19. The second-order valence-electron chi connectivity index (χ2n) is 4.54. The molecule has 4 N–H and O–H groups in total. The molecule has 1 atom stereocenters. The van der Waals surface area contributed by atoms with Crippen molar-refractivity contribution in [1.29, 1.82) is 0 Å². The number of anilines is 1. The van der Waals surface area contributed by atoms with E-state index in [1.165, 1.54) is 19.2 Å². The number of aliphatic hydroxyl groups excluding tert-OH is 1. The Hall–Kier alpha value is -1.31. The predicted molar refractivity (Wildman–Crippen MR) is 78.1 cm³/mol. The van der Waals surface area contributed by atoms with Crippen LogP contribution >= 0.6 is 0 Å². The first-order valence-electron chi connectivity index (χ1n) is 6.48. The second kappa shape index (κ2) is 7.47. The lowest BCUT2D eigenvalue weighted by atomic mass is 10.0. The van der Waals surface area contributed by atoms with E-state index in [2.05, 4.69) is 4.72 Å². The van der Waals surface area contributed by atoms with Crippen molar-refractivity contribution in [2.45, 2.75) is 24.7 Å². The quantitative estimate of drug-likeness (QED) is 0.621. The Bertz CT molecular complexity index is 531. The zero-order chi connectivity index (χ0) is 15.2. The van der Waals surface area contributed by atoms with Gasteiger partial charge in [0, 0.05) is 19.2 Å². The molecule has 0 aliphatic rings. The van der Waals surface area contributed by atoms with Gasteiger partial charge in [0.1, 0.15) is 10.6 Å². The van der Waals surface area contributed by atoms with Crippen molar-refractivity contribution in [2.24, 2.45) is 5.92 Å². The fraction of sp³-hybridized carbons (Fsp3) is 0.538. The lowest BCUT2D eigenvalue weighted by molar-refractivity contribution is 0.254. The Morgan fingerprint density at radius 1 is 1.45 bits per heavy atom. The predicted octanol–water partition coefficient (Wildman–Crippen LogP) is 0.964. The SMILES string of the molecule is CCC(CCO)CNS(=O)(=O)c1ccc(OC)cc1N. The molecule has 0 spiro atoms. The maximum absolute atomic E-state index is 12.2. The summed E-state index contributed by atoms with van der Waals surface area (Å²) in [7, 11) is -2.16. The average molecular weight is 302 g/mol. The van der Waals surface area contributed by atoms with Crippen LogP contribution in [0.3, 0.4) is 0 Å². The minimum atomic E-state index is -3.65. The number of hydrogen-bond acceptors (Lipinski definition) is 5. The van der Waals surface area contributed by atoms with E-state index in [1.54, 1.807) is 6.07 Å². The van der Waals surface area contributed by atoms with E-state index >= 15 is 0 Å². The number of nitrogens with two attached hydrogens (primary N) is 1.